The van der Waals surface area contributed by atoms with E-state index in [-0.39, 0.29) is 26.1 Å². The number of allylic oxidation sites excluding steroid dienone is 36. The number of phosphoric ester groups is 1. The molecule has 9 nitrogen and oxygen atoms in total. The normalized spacial score (nSPS) is 14.3. The van der Waals surface area contributed by atoms with Gasteiger partial charge in [0, 0.05) is 12.8 Å². The number of carbonyl (C=O) groups is 2. The Kier molecular flexibility index (Phi) is 71.2. The van der Waals surface area contributed by atoms with Gasteiger partial charge in [0.25, 0.3) is 7.82 Å². The molecule has 0 aliphatic heterocycles. The third kappa shape index (κ3) is 79.3. The molecule has 0 rings (SSSR count). The summed E-state index contributed by atoms with van der Waals surface area (Å²) in [4.78, 5) is 38.2. The first-order chi connectivity index (χ1) is 48.0. The number of ether oxygens (including phenoxy) is 2. The molecule has 98 heavy (non-hydrogen) atoms. The van der Waals surface area contributed by atoms with Gasteiger partial charge in [-0.05, 0) is 154 Å². The van der Waals surface area contributed by atoms with Gasteiger partial charge in [-0.1, -0.05) is 322 Å². The van der Waals surface area contributed by atoms with Gasteiger partial charge in [0.1, 0.15) is 19.8 Å². The van der Waals surface area contributed by atoms with E-state index >= 15 is 0 Å². The van der Waals surface area contributed by atoms with Gasteiger partial charge in [-0.25, -0.2) is 0 Å². The zero-order valence-corrected chi connectivity index (χ0v) is 63.5. The number of likely N-dealkylation sites (N-methyl/N-ethyl adjacent to an activating group) is 1. The molecule has 0 aliphatic rings. The second-order valence-corrected chi connectivity index (χ2v) is 27.3. The number of carbonyl (C=O) groups excluding carboxylic acids is 2. The Labute approximate surface area is 601 Å². The van der Waals surface area contributed by atoms with Crippen molar-refractivity contribution in [3.05, 3.63) is 219 Å². The lowest BCUT2D eigenvalue weighted by molar-refractivity contribution is -0.870. The Morgan fingerprint density at radius 1 is 0.316 bits per heavy atom. The topological polar surface area (TPSA) is 111 Å². The molecule has 0 saturated carbocycles. The molecular weight excluding hydrogens is 1230 g/mol. The molecule has 0 spiro atoms. The van der Waals surface area contributed by atoms with Gasteiger partial charge in [-0.2, -0.15) is 0 Å². The zero-order valence-electron chi connectivity index (χ0n) is 62.6. The number of nitrogens with zero attached hydrogens (tertiary/aromatic N) is 1. The summed E-state index contributed by atoms with van der Waals surface area (Å²) >= 11 is 0. The maximum absolute atomic E-state index is 12.9. The van der Waals surface area contributed by atoms with E-state index in [0.717, 1.165) is 167 Å². The molecule has 0 saturated heterocycles. The van der Waals surface area contributed by atoms with Crippen LogP contribution < -0.4 is 4.89 Å². The minimum absolute atomic E-state index is 0.0444. The number of hydrogen-bond acceptors (Lipinski definition) is 8. The molecular formula is C88H140NO8P. The Bertz CT molecular complexity index is 2460. The molecule has 0 radical (unpaired) electrons. The molecule has 0 aromatic carbocycles. The first-order valence-electron chi connectivity index (χ1n) is 38.4. The van der Waals surface area contributed by atoms with E-state index in [1.54, 1.807) is 0 Å². The fraction of sp³-hybridized carbons (Fsp3) is 0.568. The highest BCUT2D eigenvalue weighted by Gasteiger charge is 2.22. The fourth-order valence-corrected chi connectivity index (χ4v) is 10.4. The third-order valence-electron chi connectivity index (χ3n) is 15.5. The van der Waals surface area contributed by atoms with E-state index in [0.29, 0.717) is 23.9 Å². The summed E-state index contributed by atoms with van der Waals surface area (Å²) in [5.74, 6) is -0.860. The van der Waals surface area contributed by atoms with Crippen LogP contribution in [0.2, 0.25) is 0 Å². The first-order valence-corrected chi connectivity index (χ1v) is 39.9. The van der Waals surface area contributed by atoms with E-state index < -0.39 is 32.5 Å². The van der Waals surface area contributed by atoms with Crippen molar-refractivity contribution in [3.8, 4) is 0 Å². The van der Waals surface area contributed by atoms with Crippen LogP contribution in [-0.4, -0.2) is 70.0 Å². The molecule has 0 heterocycles. The van der Waals surface area contributed by atoms with Crippen molar-refractivity contribution in [2.45, 2.75) is 277 Å². The van der Waals surface area contributed by atoms with Gasteiger partial charge in [0.05, 0.1) is 27.7 Å². The largest absolute Gasteiger partial charge is 0.756 e. The molecule has 0 amide bonds. The zero-order chi connectivity index (χ0) is 71.1. The molecule has 0 N–H and O–H groups in total. The van der Waals surface area contributed by atoms with E-state index in [2.05, 4.69) is 233 Å². The summed E-state index contributed by atoms with van der Waals surface area (Å²) in [6.45, 7) is 3.98. The predicted octanol–water partition coefficient (Wildman–Crippen LogP) is 25.3. The summed E-state index contributed by atoms with van der Waals surface area (Å²) in [6.07, 6.45) is 120. The maximum atomic E-state index is 12.9. The first kappa shape index (κ1) is 92.3. The quantitative estimate of drug-likeness (QED) is 0.0195. The van der Waals surface area contributed by atoms with Gasteiger partial charge < -0.3 is 27.9 Å². The van der Waals surface area contributed by atoms with Crippen LogP contribution in [-0.2, 0) is 32.7 Å². The van der Waals surface area contributed by atoms with E-state index in [1.165, 1.54) is 64.2 Å². The highest BCUT2D eigenvalue weighted by atomic mass is 31.2. The average Bonchev–Trinajstić information content (AvgIpc) is 1.14. The van der Waals surface area contributed by atoms with Gasteiger partial charge >= 0.3 is 11.9 Å². The number of esters is 2. The van der Waals surface area contributed by atoms with Crippen molar-refractivity contribution in [2.75, 3.05) is 47.5 Å². The summed E-state index contributed by atoms with van der Waals surface area (Å²) < 4.78 is 34.4. The summed E-state index contributed by atoms with van der Waals surface area (Å²) in [7, 11) is 1.13. The lowest BCUT2D eigenvalue weighted by Gasteiger charge is -2.28. The number of phosphoric acid groups is 1. The summed E-state index contributed by atoms with van der Waals surface area (Å²) in [5.41, 5.74) is 0. The Balaban J connectivity index is 4.13. The Morgan fingerprint density at radius 2 is 0.551 bits per heavy atom. The Hall–Kier alpha value is -5.67. The van der Waals surface area contributed by atoms with Crippen LogP contribution in [0.3, 0.4) is 0 Å². The van der Waals surface area contributed by atoms with Crippen LogP contribution in [0.15, 0.2) is 219 Å². The lowest BCUT2D eigenvalue weighted by Crippen LogP contribution is -2.37. The number of quaternary nitrogens is 1. The molecule has 2 atom stereocenters. The van der Waals surface area contributed by atoms with E-state index in [1.807, 2.05) is 21.1 Å². The van der Waals surface area contributed by atoms with Crippen molar-refractivity contribution in [1.29, 1.82) is 0 Å². The lowest BCUT2D eigenvalue weighted by atomic mass is 10.1. The molecule has 10 heteroatoms. The number of unbranched alkanes of at least 4 members (excludes halogenated alkanes) is 18. The van der Waals surface area contributed by atoms with Crippen molar-refractivity contribution in [1.82, 2.24) is 0 Å². The van der Waals surface area contributed by atoms with E-state index in [9.17, 15) is 19.0 Å². The van der Waals surface area contributed by atoms with Gasteiger partial charge in [-0.15, -0.1) is 0 Å². The minimum Gasteiger partial charge on any atom is -0.756 e. The van der Waals surface area contributed by atoms with Crippen LogP contribution >= 0.6 is 7.82 Å². The number of hydrogen-bond donors (Lipinski definition) is 0. The molecule has 2 unspecified atom stereocenters. The monoisotopic (exact) mass is 1370 g/mol. The third-order valence-corrected chi connectivity index (χ3v) is 16.5. The fourth-order valence-electron chi connectivity index (χ4n) is 9.70. The van der Waals surface area contributed by atoms with Gasteiger partial charge in [0.2, 0.25) is 0 Å². The number of rotatable bonds is 68. The van der Waals surface area contributed by atoms with Crippen LogP contribution in [0.4, 0.5) is 0 Å². The highest BCUT2D eigenvalue weighted by molar-refractivity contribution is 7.45. The van der Waals surface area contributed by atoms with Gasteiger partial charge in [0.15, 0.2) is 6.10 Å². The smallest absolute Gasteiger partial charge is 0.306 e. The van der Waals surface area contributed by atoms with Crippen molar-refractivity contribution in [3.63, 3.8) is 0 Å². The minimum atomic E-state index is -4.66. The highest BCUT2D eigenvalue weighted by Crippen LogP contribution is 2.38. The molecule has 0 fully saturated rings. The average molecular weight is 1370 g/mol. The van der Waals surface area contributed by atoms with Crippen LogP contribution in [0.1, 0.15) is 271 Å². The molecule has 0 aromatic rings. The van der Waals surface area contributed by atoms with Crippen molar-refractivity contribution >= 4 is 19.8 Å². The van der Waals surface area contributed by atoms with Crippen LogP contribution in [0.25, 0.3) is 0 Å². The van der Waals surface area contributed by atoms with Crippen molar-refractivity contribution < 1.29 is 42.1 Å². The summed E-state index contributed by atoms with van der Waals surface area (Å²) in [6, 6.07) is 0. The second kappa shape index (κ2) is 75.5. The van der Waals surface area contributed by atoms with Gasteiger partial charge in [-0.3, -0.25) is 14.2 Å². The maximum Gasteiger partial charge on any atom is 0.306 e. The summed E-state index contributed by atoms with van der Waals surface area (Å²) in [5, 5.41) is 0. The molecule has 0 aromatic heterocycles. The van der Waals surface area contributed by atoms with Crippen molar-refractivity contribution in [2.24, 2.45) is 0 Å². The Morgan fingerprint density at radius 3 is 0.816 bits per heavy atom. The standard InChI is InChI=1S/C88H140NO8P/c1-6-8-10-12-14-16-18-20-22-24-26-28-30-32-34-36-38-40-42-44-46-48-50-52-54-56-58-60-62-64-66-68-70-72-74-76-78-80-87(90)94-84-86(85-96-98(92,93)95-83-82-89(3,4)5)97-88(91)81-79-77-75-73-71-69-67-65-63-61-59-57-55-53-51-49-47-45-43-41-39-37-35-33-31-29-27-25-23-21-19-17-15-13-11-9-7-2/h8-11,14-17,20-23,26-29,32-35,38-41,44-47,50-53,56-59,86H,6-7,12-13,18-19,24-25,30-31,36-37,42-43,48-49,54-55,60-85H2,1-5H3/b10-8-,11-9-,16-14-,17-15-,22-20-,23-21-,28-26-,29-27-,34-32-,35-33-,40-38-,41-39-,46-44-,47-45-,52-50-,53-51-,58-56-,59-57-. The van der Waals surface area contributed by atoms with Crippen LogP contribution in [0.5, 0.6) is 0 Å². The van der Waals surface area contributed by atoms with E-state index in [4.69, 9.17) is 18.5 Å². The van der Waals surface area contributed by atoms with Crippen LogP contribution in [0, 0.1) is 0 Å². The SMILES string of the molecule is CC/C=C\C/C=C\C/C=C\C/C=C\C/C=C\C/C=C\C/C=C\C/C=C\C/C=C\CCCCCCCCCCCC(=O)OCC(COP(=O)([O-])OCC[N+](C)(C)C)OC(=O)CCCCCCCCCCC/C=C\C/C=C\C/C=C\C/C=C\C/C=C\C/C=C\C/C=C\C/C=C\C/C=C\CC. The molecule has 550 valence electrons. The second-order valence-electron chi connectivity index (χ2n) is 25.9. The predicted molar refractivity (Wildman–Crippen MR) is 424 cm³/mol. The molecule has 0 bridgehead atoms. The molecule has 0 aliphatic carbocycles.